The number of hydrogen-bond donors (Lipinski definition) is 0. The molecule has 5 heteroatoms. The van der Waals surface area contributed by atoms with Gasteiger partial charge in [0, 0.05) is 15.6 Å². The van der Waals surface area contributed by atoms with Gasteiger partial charge in [0.05, 0.1) is 16.6 Å². The zero-order valence-electron chi connectivity index (χ0n) is 9.91. The summed E-state index contributed by atoms with van der Waals surface area (Å²) in [5.74, 6) is 0.548. The van der Waals surface area contributed by atoms with Gasteiger partial charge < -0.3 is 4.74 Å². The Morgan fingerprint density at radius 2 is 1.89 bits per heavy atom. The van der Waals surface area contributed by atoms with E-state index in [1.165, 1.54) is 0 Å². The van der Waals surface area contributed by atoms with Crippen molar-refractivity contribution in [2.45, 2.75) is 0 Å². The Balaban J connectivity index is 2.44. The Morgan fingerprint density at radius 1 is 1.16 bits per heavy atom. The number of rotatable bonds is 3. The Morgan fingerprint density at radius 3 is 2.53 bits per heavy atom. The van der Waals surface area contributed by atoms with Gasteiger partial charge in [0.1, 0.15) is 5.75 Å². The zero-order chi connectivity index (χ0) is 14.0. The van der Waals surface area contributed by atoms with E-state index in [1.54, 1.807) is 43.5 Å². The summed E-state index contributed by atoms with van der Waals surface area (Å²) >= 11 is 12.8. The second kappa shape index (κ2) is 6.07. The normalized spacial score (nSPS) is 10.3. The number of halogens is 3. The third-order valence-electron chi connectivity index (χ3n) is 2.59. The van der Waals surface area contributed by atoms with Gasteiger partial charge in [0.2, 0.25) is 0 Å². The molecule has 0 radical (unpaired) electrons. The number of benzene rings is 2. The van der Waals surface area contributed by atoms with Crippen molar-refractivity contribution in [2.75, 3.05) is 7.11 Å². The maximum atomic E-state index is 12.4. The van der Waals surface area contributed by atoms with Crippen molar-refractivity contribution in [2.24, 2.45) is 0 Å². The van der Waals surface area contributed by atoms with Crippen LogP contribution in [0.25, 0.3) is 0 Å². The van der Waals surface area contributed by atoms with Crippen LogP contribution in [-0.4, -0.2) is 12.9 Å². The van der Waals surface area contributed by atoms with Crippen molar-refractivity contribution >= 4 is 49.2 Å². The third kappa shape index (κ3) is 3.19. The summed E-state index contributed by atoms with van der Waals surface area (Å²) in [7, 11) is 1.58. The Bertz CT molecular complexity index is 641. The first-order valence-electron chi connectivity index (χ1n) is 5.36. The summed E-state index contributed by atoms with van der Waals surface area (Å²) in [6, 6.07) is 10.4. The van der Waals surface area contributed by atoms with Crippen LogP contribution in [0.1, 0.15) is 15.9 Å². The lowest BCUT2D eigenvalue weighted by molar-refractivity contribution is 0.103. The smallest absolute Gasteiger partial charge is 0.194 e. The Kier molecular flexibility index (Phi) is 4.66. The minimum atomic E-state index is -0.130. The molecule has 2 aromatic rings. The largest absolute Gasteiger partial charge is 0.496 e. The number of ether oxygens (including phenoxy) is 1. The predicted octanol–water partition coefficient (Wildman–Crippen LogP) is 5.10. The molecule has 0 saturated carbocycles. The number of ketones is 1. The molecule has 0 spiro atoms. The average molecular weight is 404 g/mol. The molecule has 0 amide bonds. The van der Waals surface area contributed by atoms with Crippen LogP contribution in [0.2, 0.25) is 5.02 Å². The van der Waals surface area contributed by atoms with Crippen molar-refractivity contribution < 1.29 is 9.53 Å². The van der Waals surface area contributed by atoms with E-state index in [1.807, 2.05) is 0 Å². The second-order valence-electron chi connectivity index (χ2n) is 3.80. The lowest BCUT2D eigenvalue weighted by Crippen LogP contribution is -2.02. The van der Waals surface area contributed by atoms with Gasteiger partial charge in [-0.2, -0.15) is 0 Å². The van der Waals surface area contributed by atoms with E-state index in [0.29, 0.717) is 21.9 Å². The summed E-state index contributed by atoms with van der Waals surface area (Å²) in [6.07, 6.45) is 0. The summed E-state index contributed by atoms with van der Waals surface area (Å²) in [5.41, 5.74) is 1.01. The third-order valence-corrected chi connectivity index (χ3v) is 4.03. The van der Waals surface area contributed by atoms with Crippen molar-refractivity contribution in [1.29, 1.82) is 0 Å². The molecule has 0 atom stereocenters. The zero-order valence-corrected chi connectivity index (χ0v) is 13.8. The van der Waals surface area contributed by atoms with Crippen molar-refractivity contribution in [3.05, 3.63) is 61.5 Å². The number of carbonyl (C=O) groups excluding carboxylic acids is 1. The quantitative estimate of drug-likeness (QED) is 0.665. The van der Waals surface area contributed by atoms with Crippen LogP contribution in [0.4, 0.5) is 0 Å². The molecule has 0 aliphatic heterocycles. The molecule has 0 saturated heterocycles. The SMILES string of the molecule is COc1ccc(C(=O)c2cc(Br)ccc2Cl)cc1Br. The molecule has 0 unspecified atom stereocenters. The average Bonchev–Trinajstić information content (AvgIpc) is 2.40. The fraction of sp³-hybridized carbons (Fsp3) is 0.0714. The van der Waals surface area contributed by atoms with Gasteiger partial charge in [-0.1, -0.05) is 27.5 Å². The van der Waals surface area contributed by atoms with Crippen LogP contribution in [0.3, 0.4) is 0 Å². The lowest BCUT2D eigenvalue weighted by atomic mass is 10.0. The number of methoxy groups -OCH3 is 1. The van der Waals surface area contributed by atoms with Crippen LogP contribution < -0.4 is 4.74 Å². The minimum absolute atomic E-state index is 0.130. The second-order valence-corrected chi connectivity index (χ2v) is 5.98. The van der Waals surface area contributed by atoms with Gasteiger partial charge in [0.25, 0.3) is 0 Å². The summed E-state index contributed by atoms with van der Waals surface area (Å²) in [6.45, 7) is 0. The highest BCUT2D eigenvalue weighted by Gasteiger charge is 2.14. The molecule has 2 rings (SSSR count). The summed E-state index contributed by atoms with van der Waals surface area (Å²) in [5, 5.41) is 0.431. The van der Waals surface area contributed by atoms with E-state index >= 15 is 0 Å². The molecule has 0 aliphatic carbocycles. The number of hydrogen-bond acceptors (Lipinski definition) is 2. The molecular weight excluding hydrogens is 395 g/mol. The number of carbonyl (C=O) groups is 1. The first-order chi connectivity index (χ1) is 9.02. The van der Waals surface area contributed by atoms with E-state index in [2.05, 4.69) is 31.9 Å². The summed E-state index contributed by atoms with van der Waals surface area (Å²) < 4.78 is 6.68. The van der Waals surface area contributed by atoms with Crippen LogP contribution in [0.15, 0.2) is 45.3 Å². The topological polar surface area (TPSA) is 26.3 Å². The van der Waals surface area contributed by atoms with Crippen molar-refractivity contribution in [3.8, 4) is 5.75 Å². The van der Waals surface area contributed by atoms with Crippen LogP contribution in [-0.2, 0) is 0 Å². The van der Waals surface area contributed by atoms with Crippen LogP contribution in [0.5, 0.6) is 5.75 Å². The first-order valence-corrected chi connectivity index (χ1v) is 7.32. The van der Waals surface area contributed by atoms with E-state index in [0.717, 1.165) is 8.95 Å². The van der Waals surface area contributed by atoms with Crippen molar-refractivity contribution in [1.82, 2.24) is 0 Å². The van der Waals surface area contributed by atoms with E-state index in [-0.39, 0.29) is 5.78 Å². The van der Waals surface area contributed by atoms with Gasteiger partial charge >= 0.3 is 0 Å². The fourth-order valence-electron chi connectivity index (χ4n) is 1.63. The van der Waals surface area contributed by atoms with Crippen LogP contribution >= 0.6 is 43.5 Å². The predicted molar refractivity (Wildman–Crippen MR) is 83.3 cm³/mol. The monoisotopic (exact) mass is 402 g/mol. The molecule has 0 heterocycles. The Labute approximate surface area is 133 Å². The van der Waals surface area contributed by atoms with E-state index in [9.17, 15) is 4.79 Å². The Hall–Kier alpha value is -0.840. The maximum Gasteiger partial charge on any atom is 0.194 e. The minimum Gasteiger partial charge on any atom is -0.496 e. The fourth-order valence-corrected chi connectivity index (χ4v) is 2.74. The molecule has 0 N–H and O–H groups in total. The molecule has 0 bridgehead atoms. The molecular formula is C14H9Br2ClO2. The van der Waals surface area contributed by atoms with Gasteiger partial charge in [-0.15, -0.1) is 0 Å². The van der Waals surface area contributed by atoms with E-state index in [4.69, 9.17) is 16.3 Å². The molecule has 19 heavy (non-hydrogen) atoms. The molecule has 0 aromatic heterocycles. The molecule has 2 nitrogen and oxygen atoms in total. The van der Waals surface area contributed by atoms with Gasteiger partial charge in [-0.3, -0.25) is 4.79 Å². The highest BCUT2D eigenvalue weighted by atomic mass is 79.9. The summed E-state index contributed by atoms with van der Waals surface area (Å²) in [4.78, 5) is 12.4. The lowest BCUT2D eigenvalue weighted by Gasteiger charge is -2.07. The first kappa shape index (κ1) is 14.6. The molecule has 0 aliphatic rings. The maximum absolute atomic E-state index is 12.4. The molecule has 98 valence electrons. The standard InChI is InChI=1S/C14H9Br2ClO2/c1-19-13-5-2-8(6-11(13)16)14(18)10-7-9(15)3-4-12(10)17/h2-7H,1H3. The van der Waals surface area contributed by atoms with Gasteiger partial charge in [-0.25, -0.2) is 0 Å². The van der Waals surface area contributed by atoms with Crippen LogP contribution in [0, 0.1) is 0 Å². The highest BCUT2D eigenvalue weighted by Crippen LogP contribution is 2.28. The van der Waals surface area contributed by atoms with Gasteiger partial charge in [0.15, 0.2) is 5.78 Å². The van der Waals surface area contributed by atoms with Gasteiger partial charge in [-0.05, 0) is 52.3 Å². The van der Waals surface area contributed by atoms with E-state index < -0.39 is 0 Å². The van der Waals surface area contributed by atoms with Crippen molar-refractivity contribution in [3.63, 3.8) is 0 Å². The molecule has 2 aromatic carbocycles. The molecule has 0 fully saturated rings. The highest BCUT2D eigenvalue weighted by molar-refractivity contribution is 9.10.